The maximum Gasteiger partial charge on any atom is 0.122 e. The van der Waals surface area contributed by atoms with Crippen molar-refractivity contribution in [2.75, 3.05) is 13.2 Å². The Kier molecular flexibility index (Phi) is 6.21. The zero-order valence-corrected chi connectivity index (χ0v) is 10.6. The van der Waals surface area contributed by atoms with Gasteiger partial charge < -0.3 is 9.84 Å². The van der Waals surface area contributed by atoms with Crippen molar-refractivity contribution in [3.8, 4) is 17.6 Å². The van der Waals surface area contributed by atoms with Gasteiger partial charge in [-0.25, -0.2) is 0 Å². The van der Waals surface area contributed by atoms with Crippen LogP contribution in [0.25, 0.3) is 0 Å². The Morgan fingerprint density at radius 3 is 2.82 bits per heavy atom. The molecule has 92 valence electrons. The highest BCUT2D eigenvalue weighted by Crippen LogP contribution is 2.19. The lowest BCUT2D eigenvalue weighted by Crippen LogP contribution is -1.98. The summed E-state index contributed by atoms with van der Waals surface area (Å²) in [4.78, 5) is 0. The third-order valence-corrected chi connectivity index (χ3v) is 2.40. The summed E-state index contributed by atoms with van der Waals surface area (Å²) in [6.45, 7) is 5.06. The Balaban J connectivity index is 2.63. The van der Waals surface area contributed by atoms with Crippen LogP contribution in [-0.2, 0) is 0 Å². The number of aliphatic hydroxyl groups excluding tert-OH is 1. The molecule has 0 fully saturated rings. The Hall–Kier alpha value is -1.46. The van der Waals surface area contributed by atoms with Crippen molar-refractivity contribution < 1.29 is 9.84 Å². The van der Waals surface area contributed by atoms with E-state index in [1.807, 2.05) is 25.1 Å². The zero-order valence-electron chi connectivity index (χ0n) is 10.6. The van der Waals surface area contributed by atoms with Gasteiger partial charge >= 0.3 is 0 Å². The second-order valence-corrected chi connectivity index (χ2v) is 3.96. The monoisotopic (exact) mass is 232 g/mol. The quantitative estimate of drug-likeness (QED) is 0.625. The van der Waals surface area contributed by atoms with Crippen LogP contribution in [0.2, 0.25) is 0 Å². The van der Waals surface area contributed by atoms with E-state index in [9.17, 15) is 0 Å². The molecule has 1 N–H and O–H groups in total. The van der Waals surface area contributed by atoms with Crippen molar-refractivity contribution in [2.24, 2.45) is 0 Å². The lowest BCUT2D eigenvalue weighted by Gasteiger charge is -2.08. The summed E-state index contributed by atoms with van der Waals surface area (Å²) >= 11 is 0. The second kappa shape index (κ2) is 7.76. The molecule has 0 aliphatic heterocycles. The summed E-state index contributed by atoms with van der Waals surface area (Å²) in [6.07, 6.45) is 2.75. The molecule has 0 unspecified atom stereocenters. The predicted molar refractivity (Wildman–Crippen MR) is 70.2 cm³/mol. The minimum absolute atomic E-state index is 0.115. The molecule has 1 aromatic carbocycles. The van der Waals surface area contributed by atoms with Gasteiger partial charge in [-0.05, 0) is 37.1 Å². The van der Waals surface area contributed by atoms with Gasteiger partial charge in [-0.15, -0.1) is 0 Å². The lowest BCUT2D eigenvalue weighted by molar-refractivity contribution is 0.305. The van der Waals surface area contributed by atoms with E-state index >= 15 is 0 Å². The van der Waals surface area contributed by atoms with E-state index < -0.39 is 0 Å². The molecule has 0 aliphatic rings. The van der Waals surface area contributed by atoms with Crippen LogP contribution < -0.4 is 4.74 Å². The molecular formula is C15H20O2. The zero-order chi connectivity index (χ0) is 12.5. The van der Waals surface area contributed by atoms with Gasteiger partial charge in [-0.2, -0.15) is 0 Å². The normalized spacial score (nSPS) is 9.59. The Bertz CT molecular complexity index is 399. The van der Waals surface area contributed by atoms with Gasteiger partial charge in [-0.3, -0.25) is 0 Å². The first kappa shape index (κ1) is 13.6. The number of aryl methyl sites for hydroxylation is 1. The van der Waals surface area contributed by atoms with Crippen LogP contribution in [-0.4, -0.2) is 18.3 Å². The van der Waals surface area contributed by atoms with Gasteiger partial charge in [0.25, 0.3) is 0 Å². The number of benzene rings is 1. The van der Waals surface area contributed by atoms with Gasteiger partial charge in [0.1, 0.15) is 5.75 Å². The molecule has 2 nitrogen and oxygen atoms in total. The number of aliphatic hydroxyl groups is 1. The topological polar surface area (TPSA) is 29.5 Å². The first-order valence-electron chi connectivity index (χ1n) is 6.11. The SMILES string of the molecule is CCCCOc1ccc(C#CCCO)cc1C. The molecule has 1 rings (SSSR count). The summed E-state index contributed by atoms with van der Waals surface area (Å²) in [6, 6.07) is 5.94. The van der Waals surface area contributed by atoms with Crippen LogP contribution in [0.4, 0.5) is 0 Å². The summed E-state index contributed by atoms with van der Waals surface area (Å²) in [5.74, 6) is 6.86. The average Bonchev–Trinajstić information content (AvgIpc) is 2.32. The fraction of sp³-hybridized carbons (Fsp3) is 0.467. The molecule has 0 radical (unpaired) electrons. The molecule has 2 heteroatoms. The van der Waals surface area contributed by atoms with Gasteiger partial charge in [0.2, 0.25) is 0 Å². The van der Waals surface area contributed by atoms with Crippen molar-refractivity contribution in [1.29, 1.82) is 0 Å². The van der Waals surface area contributed by atoms with Crippen LogP contribution >= 0.6 is 0 Å². The number of hydrogen-bond acceptors (Lipinski definition) is 2. The number of unbranched alkanes of at least 4 members (excludes halogenated alkanes) is 1. The number of rotatable bonds is 5. The summed E-state index contributed by atoms with van der Waals surface area (Å²) in [7, 11) is 0. The standard InChI is InChI=1S/C15H20O2/c1-3-4-11-17-15-9-8-14(12-13(15)2)7-5-6-10-16/h8-9,12,16H,3-4,6,10-11H2,1-2H3. The van der Waals surface area contributed by atoms with E-state index in [0.29, 0.717) is 6.42 Å². The lowest BCUT2D eigenvalue weighted by atomic mass is 10.1. The van der Waals surface area contributed by atoms with E-state index in [4.69, 9.17) is 9.84 Å². The molecule has 17 heavy (non-hydrogen) atoms. The smallest absolute Gasteiger partial charge is 0.122 e. The molecule has 0 aromatic heterocycles. The van der Waals surface area contributed by atoms with Crippen molar-refractivity contribution in [3.63, 3.8) is 0 Å². The van der Waals surface area contributed by atoms with Crippen LogP contribution in [0, 0.1) is 18.8 Å². The summed E-state index contributed by atoms with van der Waals surface area (Å²) in [5.41, 5.74) is 2.08. The van der Waals surface area contributed by atoms with Crippen molar-refractivity contribution in [2.45, 2.75) is 33.1 Å². The van der Waals surface area contributed by atoms with E-state index in [1.165, 1.54) is 0 Å². The summed E-state index contributed by atoms with van der Waals surface area (Å²) in [5, 5.41) is 8.64. The molecule has 0 heterocycles. The maximum atomic E-state index is 8.64. The minimum atomic E-state index is 0.115. The molecule has 0 saturated heterocycles. The molecule has 0 spiro atoms. The third kappa shape index (κ3) is 4.93. The molecule has 0 aliphatic carbocycles. The Morgan fingerprint density at radius 1 is 1.35 bits per heavy atom. The minimum Gasteiger partial charge on any atom is -0.493 e. The Morgan fingerprint density at radius 2 is 2.18 bits per heavy atom. The van der Waals surface area contributed by atoms with Crippen molar-refractivity contribution >= 4 is 0 Å². The molecular weight excluding hydrogens is 212 g/mol. The van der Waals surface area contributed by atoms with E-state index in [2.05, 4.69) is 18.8 Å². The third-order valence-electron chi connectivity index (χ3n) is 2.40. The van der Waals surface area contributed by atoms with Crippen LogP contribution in [0.5, 0.6) is 5.75 Å². The van der Waals surface area contributed by atoms with Crippen molar-refractivity contribution in [1.82, 2.24) is 0 Å². The Labute approximate surface area is 104 Å². The largest absolute Gasteiger partial charge is 0.493 e. The molecule has 0 bridgehead atoms. The molecule has 0 amide bonds. The molecule has 1 aromatic rings. The van der Waals surface area contributed by atoms with Crippen molar-refractivity contribution in [3.05, 3.63) is 29.3 Å². The van der Waals surface area contributed by atoms with Gasteiger partial charge in [0, 0.05) is 12.0 Å². The molecule has 0 saturated carbocycles. The van der Waals surface area contributed by atoms with E-state index in [1.54, 1.807) is 0 Å². The number of ether oxygens (including phenoxy) is 1. The first-order chi connectivity index (χ1) is 8.27. The number of hydrogen-bond donors (Lipinski definition) is 1. The highest BCUT2D eigenvalue weighted by Gasteiger charge is 1.99. The van der Waals surface area contributed by atoms with Gasteiger partial charge in [0.15, 0.2) is 0 Å². The van der Waals surface area contributed by atoms with Crippen LogP contribution in [0.15, 0.2) is 18.2 Å². The van der Waals surface area contributed by atoms with E-state index in [0.717, 1.165) is 36.3 Å². The summed E-state index contributed by atoms with van der Waals surface area (Å²) < 4.78 is 5.67. The average molecular weight is 232 g/mol. The van der Waals surface area contributed by atoms with E-state index in [-0.39, 0.29) is 6.61 Å². The van der Waals surface area contributed by atoms with Crippen LogP contribution in [0.1, 0.15) is 37.3 Å². The highest BCUT2D eigenvalue weighted by atomic mass is 16.5. The molecule has 0 atom stereocenters. The fourth-order valence-electron chi connectivity index (χ4n) is 1.44. The first-order valence-corrected chi connectivity index (χ1v) is 6.11. The highest BCUT2D eigenvalue weighted by molar-refractivity contribution is 5.43. The second-order valence-electron chi connectivity index (χ2n) is 3.96. The van der Waals surface area contributed by atoms with Gasteiger partial charge in [-0.1, -0.05) is 25.2 Å². The fourth-order valence-corrected chi connectivity index (χ4v) is 1.44. The van der Waals surface area contributed by atoms with Gasteiger partial charge in [0.05, 0.1) is 13.2 Å². The van der Waals surface area contributed by atoms with Crippen LogP contribution in [0.3, 0.4) is 0 Å². The maximum absolute atomic E-state index is 8.64. The predicted octanol–water partition coefficient (Wildman–Crippen LogP) is 2.91.